The van der Waals surface area contributed by atoms with Gasteiger partial charge in [-0.3, -0.25) is 0 Å². The zero-order chi connectivity index (χ0) is 9.14. The number of aromatic carboxylic acids is 2. The maximum Gasteiger partial charge on any atom is 0.354 e. The van der Waals surface area contributed by atoms with Gasteiger partial charge < -0.3 is 22.6 Å². The van der Waals surface area contributed by atoms with Crippen molar-refractivity contribution in [1.82, 2.24) is 4.98 Å². The number of carboxylic acid groups (broad SMARTS) is 2. The third-order valence-corrected chi connectivity index (χ3v) is 1.19. The molecule has 1 heterocycles. The number of hydrogen-bond acceptors (Lipinski definition) is 3. The summed E-state index contributed by atoms with van der Waals surface area (Å²) in [4.78, 5) is 24.0. The quantitative estimate of drug-likeness (QED) is 0.553. The van der Waals surface area contributed by atoms with E-state index in [4.69, 9.17) is 10.2 Å². The third kappa shape index (κ3) is 2.72. The summed E-state index contributed by atoms with van der Waals surface area (Å²) in [6, 6.07) is 3.80. The van der Waals surface area contributed by atoms with E-state index in [2.05, 4.69) is 4.98 Å². The fourth-order valence-corrected chi connectivity index (χ4v) is 0.673. The fraction of sp³-hybridized carbons (Fsp3) is 0. The van der Waals surface area contributed by atoms with Crippen LogP contribution >= 0.6 is 0 Å². The Balaban J connectivity index is 0.00000144. The zero-order valence-electron chi connectivity index (χ0n) is 6.27. The fourth-order valence-electron chi connectivity index (χ4n) is 0.673. The van der Waals surface area contributed by atoms with Gasteiger partial charge in [-0.1, -0.05) is 6.07 Å². The molecule has 0 saturated carbocycles. The first-order valence-electron chi connectivity index (χ1n) is 3.05. The first-order chi connectivity index (χ1) is 5.61. The minimum Gasteiger partial charge on any atom is -1.00 e. The van der Waals surface area contributed by atoms with Crippen molar-refractivity contribution >= 4 is 11.9 Å². The molecule has 0 aromatic carbocycles. The molecule has 2 N–H and O–H groups in total. The molecule has 1 rings (SSSR count). The van der Waals surface area contributed by atoms with Crippen LogP contribution in [-0.4, -0.2) is 27.1 Å². The SMILES string of the molecule is O=C(O)c1cccc(C(=O)O)n1.[Cl-]. The highest BCUT2D eigenvalue weighted by atomic mass is 35.5. The van der Waals surface area contributed by atoms with Gasteiger partial charge >= 0.3 is 11.9 Å². The maximum atomic E-state index is 10.3. The van der Waals surface area contributed by atoms with Crippen LogP contribution in [0.1, 0.15) is 21.0 Å². The first-order valence-corrected chi connectivity index (χ1v) is 3.05. The standard InChI is InChI=1S/C7H5NO4.ClH/c9-6(10)4-2-1-3-5(8-4)7(11)12;/h1-3H,(H,9,10)(H,11,12);1H/p-1. The molecule has 0 aliphatic heterocycles. The largest absolute Gasteiger partial charge is 1.00 e. The monoisotopic (exact) mass is 202 g/mol. The molecule has 0 fully saturated rings. The second-order valence-electron chi connectivity index (χ2n) is 2.02. The van der Waals surface area contributed by atoms with Crippen LogP contribution in [0.3, 0.4) is 0 Å². The summed E-state index contributed by atoms with van der Waals surface area (Å²) in [5.74, 6) is -2.48. The highest BCUT2D eigenvalue weighted by Gasteiger charge is 2.08. The Labute approximate surface area is 79.4 Å². The normalized spacial score (nSPS) is 8.62. The van der Waals surface area contributed by atoms with Crippen molar-refractivity contribution in [3.63, 3.8) is 0 Å². The van der Waals surface area contributed by atoms with E-state index in [1.54, 1.807) is 0 Å². The van der Waals surface area contributed by atoms with Gasteiger partial charge in [0.2, 0.25) is 0 Å². The predicted molar refractivity (Wildman–Crippen MR) is 38.2 cm³/mol. The minimum atomic E-state index is -1.24. The van der Waals surface area contributed by atoms with Crippen molar-refractivity contribution in [1.29, 1.82) is 0 Å². The molecule has 6 heteroatoms. The lowest BCUT2D eigenvalue weighted by Crippen LogP contribution is -3.00. The van der Waals surface area contributed by atoms with E-state index in [0.717, 1.165) is 0 Å². The summed E-state index contributed by atoms with van der Waals surface area (Å²) >= 11 is 0. The first kappa shape index (κ1) is 11.4. The number of carbonyl (C=O) groups is 2. The molecule has 0 amide bonds. The number of pyridine rings is 1. The van der Waals surface area contributed by atoms with E-state index < -0.39 is 11.9 Å². The van der Waals surface area contributed by atoms with Crippen LogP contribution in [-0.2, 0) is 0 Å². The van der Waals surface area contributed by atoms with E-state index in [1.807, 2.05) is 0 Å². The molecule has 70 valence electrons. The Morgan fingerprint density at radius 1 is 1.08 bits per heavy atom. The molecule has 0 aliphatic carbocycles. The van der Waals surface area contributed by atoms with Gasteiger partial charge in [0.25, 0.3) is 0 Å². The lowest BCUT2D eigenvalue weighted by atomic mass is 10.3. The number of rotatable bonds is 2. The minimum absolute atomic E-state index is 0. The molecular formula is C7H5ClNO4-. The lowest BCUT2D eigenvalue weighted by molar-refractivity contribution is -0.0000336. The van der Waals surface area contributed by atoms with Crippen molar-refractivity contribution in [2.45, 2.75) is 0 Å². The van der Waals surface area contributed by atoms with E-state index in [9.17, 15) is 9.59 Å². The van der Waals surface area contributed by atoms with E-state index in [0.29, 0.717) is 0 Å². The Hall–Kier alpha value is -1.62. The van der Waals surface area contributed by atoms with Crippen LogP contribution < -0.4 is 12.4 Å². The van der Waals surface area contributed by atoms with Gasteiger partial charge in [-0.05, 0) is 12.1 Å². The van der Waals surface area contributed by atoms with Crippen molar-refractivity contribution in [3.8, 4) is 0 Å². The summed E-state index contributed by atoms with van der Waals surface area (Å²) < 4.78 is 0. The Morgan fingerprint density at radius 3 is 1.77 bits per heavy atom. The number of hydrogen-bond donors (Lipinski definition) is 2. The molecule has 1 aromatic rings. The summed E-state index contributed by atoms with van der Waals surface area (Å²) in [7, 11) is 0. The molecule has 0 bridgehead atoms. The second-order valence-corrected chi connectivity index (χ2v) is 2.02. The van der Waals surface area contributed by atoms with Crippen LogP contribution in [0.15, 0.2) is 18.2 Å². The third-order valence-electron chi connectivity index (χ3n) is 1.19. The predicted octanol–water partition coefficient (Wildman–Crippen LogP) is -2.52. The van der Waals surface area contributed by atoms with Gasteiger partial charge in [-0.2, -0.15) is 0 Å². The average Bonchev–Trinajstić information content (AvgIpc) is 2.04. The highest BCUT2D eigenvalue weighted by Crippen LogP contribution is 1.98. The number of nitrogens with zero attached hydrogens (tertiary/aromatic N) is 1. The molecule has 0 aliphatic rings. The van der Waals surface area contributed by atoms with Crippen molar-refractivity contribution in [3.05, 3.63) is 29.6 Å². The van der Waals surface area contributed by atoms with Crippen molar-refractivity contribution in [2.75, 3.05) is 0 Å². The van der Waals surface area contributed by atoms with Gasteiger partial charge in [0.05, 0.1) is 0 Å². The molecular weight excluding hydrogens is 198 g/mol. The van der Waals surface area contributed by atoms with Crippen LogP contribution in [0.5, 0.6) is 0 Å². The molecule has 0 radical (unpaired) electrons. The van der Waals surface area contributed by atoms with Crippen LogP contribution in [0, 0.1) is 0 Å². The highest BCUT2D eigenvalue weighted by molar-refractivity contribution is 5.89. The molecule has 0 unspecified atom stereocenters. The van der Waals surface area contributed by atoms with Crippen LogP contribution in [0.4, 0.5) is 0 Å². The van der Waals surface area contributed by atoms with Crippen molar-refractivity contribution < 1.29 is 32.2 Å². The maximum absolute atomic E-state index is 10.3. The summed E-state index contributed by atoms with van der Waals surface area (Å²) in [6.45, 7) is 0. The molecule has 5 nitrogen and oxygen atoms in total. The van der Waals surface area contributed by atoms with Crippen LogP contribution in [0.25, 0.3) is 0 Å². The van der Waals surface area contributed by atoms with Crippen molar-refractivity contribution in [2.24, 2.45) is 0 Å². The zero-order valence-corrected chi connectivity index (χ0v) is 7.02. The lowest BCUT2D eigenvalue weighted by Gasteiger charge is -1.94. The smallest absolute Gasteiger partial charge is 0.354 e. The van der Waals surface area contributed by atoms with Crippen LogP contribution in [0.2, 0.25) is 0 Å². The molecule has 0 atom stereocenters. The van der Waals surface area contributed by atoms with Gasteiger partial charge in [-0.25, -0.2) is 14.6 Å². The topological polar surface area (TPSA) is 87.5 Å². The number of halogens is 1. The Bertz CT molecular complexity index is 310. The second kappa shape index (κ2) is 4.42. The molecule has 13 heavy (non-hydrogen) atoms. The summed E-state index contributed by atoms with van der Waals surface area (Å²) in [5, 5.41) is 16.9. The number of aromatic nitrogens is 1. The Kier molecular flexibility index (Phi) is 3.87. The number of carboxylic acids is 2. The molecule has 1 aromatic heterocycles. The van der Waals surface area contributed by atoms with E-state index >= 15 is 0 Å². The van der Waals surface area contributed by atoms with E-state index in [-0.39, 0.29) is 23.8 Å². The molecule has 0 spiro atoms. The summed E-state index contributed by atoms with van der Waals surface area (Å²) in [5.41, 5.74) is -0.537. The van der Waals surface area contributed by atoms with E-state index in [1.165, 1.54) is 18.2 Å². The Morgan fingerprint density at radius 2 is 1.46 bits per heavy atom. The van der Waals surface area contributed by atoms with Gasteiger partial charge in [-0.15, -0.1) is 0 Å². The average molecular weight is 203 g/mol. The van der Waals surface area contributed by atoms with Gasteiger partial charge in [0, 0.05) is 0 Å². The summed E-state index contributed by atoms with van der Waals surface area (Å²) in [6.07, 6.45) is 0. The van der Waals surface area contributed by atoms with Gasteiger partial charge in [0.15, 0.2) is 0 Å². The van der Waals surface area contributed by atoms with Gasteiger partial charge in [0.1, 0.15) is 11.4 Å². The molecule has 0 saturated heterocycles.